The topological polar surface area (TPSA) is 154 Å². The fraction of sp³-hybridized carbons (Fsp3) is 0.333. The number of nitrogens with zero attached hydrogens (tertiary/aromatic N) is 2. The lowest BCUT2D eigenvalue weighted by Gasteiger charge is -2.36. The number of amides is 2. The monoisotopic (exact) mass is 586 g/mol. The smallest absolute Gasteiger partial charge is 0.271 e. The summed E-state index contributed by atoms with van der Waals surface area (Å²) in [5, 5.41) is 42.9. The standard InChI is InChI=1S/C33H34N2O8/c1-2-20-16-27-31(33(40)34(32(27)39)23-9-6-10-24(17-23)35(41)42)28(19-37)30(20)29(38)14-11-22(21-7-4-3-5-8-21)15-25-12-13-26(18-36)43-25/h3-10,12-13,15,17,27-29,31,36-38H,2,11,14,16,18-19H2,1H3/b22-15-/t27-,28+,29-,31-/m1/s1. The number of carbonyl (C=O) groups excluding carboxylic acids is 2. The van der Waals surface area contributed by atoms with Crippen LogP contribution in [-0.2, 0) is 16.2 Å². The van der Waals surface area contributed by atoms with Crippen molar-refractivity contribution in [3.8, 4) is 0 Å². The molecule has 2 amide bonds. The average molecular weight is 587 g/mol. The van der Waals surface area contributed by atoms with Gasteiger partial charge in [0.05, 0.1) is 35.2 Å². The van der Waals surface area contributed by atoms with Gasteiger partial charge >= 0.3 is 0 Å². The maximum Gasteiger partial charge on any atom is 0.271 e. The average Bonchev–Trinajstić information content (AvgIpc) is 3.59. The molecule has 3 aromatic rings. The molecular formula is C33H34N2O8. The van der Waals surface area contributed by atoms with Crippen LogP contribution < -0.4 is 4.90 Å². The minimum absolute atomic E-state index is 0.121. The number of nitro benzene ring substituents is 1. The van der Waals surface area contributed by atoms with E-state index in [0.29, 0.717) is 29.9 Å². The van der Waals surface area contributed by atoms with Crippen LogP contribution in [0.25, 0.3) is 11.6 Å². The van der Waals surface area contributed by atoms with Crippen LogP contribution in [-0.4, -0.2) is 44.8 Å². The Balaban J connectivity index is 1.42. The molecule has 0 saturated carbocycles. The lowest BCUT2D eigenvalue weighted by Crippen LogP contribution is -2.39. The van der Waals surface area contributed by atoms with E-state index in [4.69, 9.17) is 4.42 Å². The third kappa shape index (κ3) is 5.94. The second-order valence-corrected chi connectivity index (χ2v) is 10.9. The van der Waals surface area contributed by atoms with Crippen molar-refractivity contribution in [2.24, 2.45) is 17.8 Å². The number of nitro groups is 1. The first-order valence-electron chi connectivity index (χ1n) is 14.4. The number of furan rings is 1. The van der Waals surface area contributed by atoms with Gasteiger partial charge in [-0.25, -0.2) is 4.90 Å². The van der Waals surface area contributed by atoms with E-state index in [9.17, 15) is 35.0 Å². The Hall–Kier alpha value is -4.38. The van der Waals surface area contributed by atoms with E-state index in [2.05, 4.69) is 0 Å². The molecule has 10 nitrogen and oxygen atoms in total. The molecule has 2 aliphatic rings. The van der Waals surface area contributed by atoms with Gasteiger partial charge in [0.1, 0.15) is 18.1 Å². The highest BCUT2D eigenvalue weighted by Crippen LogP contribution is 2.48. The van der Waals surface area contributed by atoms with Crippen LogP contribution in [0.15, 0.2) is 82.3 Å². The summed E-state index contributed by atoms with van der Waals surface area (Å²) in [5.74, 6) is -2.37. The van der Waals surface area contributed by atoms with Crippen molar-refractivity contribution in [3.05, 3.63) is 105 Å². The lowest BCUT2D eigenvalue weighted by atomic mass is 9.67. The molecule has 0 unspecified atom stereocenters. The van der Waals surface area contributed by atoms with E-state index in [-0.39, 0.29) is 30.8 Å². The molecule has 1 aromatic heterocycles. The van der Waals surface area contributed by atoms with E-state index in [0.717, 1.165) is 21.6 Å². The van der Waals surface area contributed by atoms with Crippen LogP contribution in [0.5, 0.6) is 0 Å². The fourth-order valence-electron chi connectivity index (χ4n) is 6.43. The van der Waals surface area contributed by atoms with Crippen LogP contribution in [0.3, 0.4) is 0 Å². The van der Waals surface area contributed by atoms with Gasteiger partial charge in [0.25, 0.3) is 5.69 Å². The van der Waals surface area contributed by atoms with E-state index in [1.54, 1.807) is 12.1 Å². The zero-order valence-electron chi connectivity index (χ0n) is 23.8. The Morgan fingerprint density at radius 3 is 2.51 bits per heavy atom. The summed E-state index contributed by atoms with van der Waals surface area (Å²) in [5.41, 5.74) is 3.14. The van der Waals surface area contributed by atoms with Gasteiger partial charge in [-0.3, -0.25) is 19.7 Å². The fourth-order valence-corrected chi connectivity index (χ4v) is 6.43. The van der Waals surface area contributed by atoms with Crippen molar-refractivity contribution in [1.82, 2.24) is 0 Å². The molecular weight excluding hydrogens is 552 g/mol. The number of rotatable bonds is 11. The van der Waals surface area contributed by atoms with Crippen molar-refractivity contribution in [1.29, 1.82) is 0 Å². The predicted molar refractivity (Wildman–Crippen MR) is 159 cm³/mol. The number of aliphatic hydroxyl groups excluding tert-OH is 3. The summed E-state index contributed by atoms with van der Waals surface area (Å²) in [6, 6.07) is 18.5. The molecule has 43 heavy (non-hydrogen) atoms. The third-order valence-electron chi connectivity index (χ3n) is 8.45. The normalized spacial score (nSPS) is 21.3. The Morgan fingerprint density at radius 2 is 1.86 bits per heavy atom. The highest BCUT2D eigenvalue weighted by atomic mass is 16.6. The second-order valence-electron chi connectivity index (χ2n) is 10.9. The lowest BCUT2D eigenvalue weighted by molar-refractivity contribution is -0.384. The van der Waals surface area contributed by atoms with Crippen molar-refractivity contribution < 1.29 is 34.2 Å². The molecule has 2 heterocycles. The Kier molecular flexibility index (Phi) is 9.00. The molecule has 1 aliphatic heterocycles. The minimum atomic E-state index is -0.987. The van der Waals surface area contributed by atoms with Crippen LogP contribution in [0.4, 0.5) is 11.4 Å². The molecule has 1 saturated heterocycles. The second kappa shape index (κ2) is 12.9. The zero-order valence-corrected chi connectivity index (χ0v) is 23.8. The van der Waals surface area contributed by atoms with E-state index >= 15 is 0 Å². The van der Waals surface area contributed by atoms with Gasteiger partial charge in [-0.1, -0.05) is 48.9 Å². The number of benzene rings is 2. The van der Waals surface area contributed by atoms with Gasteiger partial charge in [-0.2, -0.15) is 0 Å². The maximum absolute atomic E-state index is 13.7. The Bertz CT molecular complexity index is 1570. The van der Waals surface area contributed by atoms with Crippen molar-refractivity contribution in [2.45, 2.75) is 45.3 Å². The number of hydrogen-bond acceptors (Lipinski definition) is 8. The largest absolute Gasteiger partial charge is 0.459 e. The van der Waals surface area contributed by atoms with Gasteiger partial charge in [-0.15, -0.1) is 0 Å². The van der Waals surface area contributed by atoms with Crippen molar-refractivity contribution in [2.75, 3.05) is 11.5 Å². The molecule has 0 radical (unpaired) electrons. The summed E-state index contributed by atoms with van der Waals surface area (Å²) in [7, 11) is 0. The molecule has 1 fully saturated rings. The summed E-state index contributed by atoms with van der Waals surface area (Å²) >= 11 is 0. The molecule has 5 rings (SSSR count). The highest BCUT2D eigenvalue weighted by molar-refractivity contribution is 6.22. The summed E-state index contributed by atoms with van der Waals surface area (Å²) in [6.45, 7) is 1.27. The van der Waals surface area contributed by atoms with Gasteiger partial charge < -0.3 is 19.7 Å². The van der Waals surface area contributed by atoms with Crippen molar-refractivity contribution in [3.63, 3.8) is 0 Å². The van der Waals surface area contributed by atoms with Crippen LogP contribution in [0.2, 0.25) is 0 Å². The number of imide groups is 1. The van der Waals surface area contributed by atoms with Gasteiger partial charge in [0.15, 0.2) is 0 Å². The van der Waals surface area contributed by atoms with E-state index in [1.165, 1.54) is 24.3 Å². The number of allylic oxidation sites excluding steroid dienone is 2. The first-order valence-corrected chi connectivity index (χ1v) is 14.4. The summed E-state index contributed by atoms with van der Waals surface area (Å²) < 4.78 is 5.67. The number of non-ortho nitro benzene ring substituents is 1. The molecule has 4 atom stereocenters. The number of carbonyl (C=O) groups is 2. The number of fused-ring (bicyclic) bond motifs is 1. The molecule has 0 bridgehead atoms. The summed E-state index contributed by atoms with van der Waals surface area (Å²) in [6.07, 6.45) is 2.41. The zero-order chi connectivity index (χ0) is 30.7. The predicted octanol–water partition coefficient (Wildman–Crippen LogP) is 4.89. The highest BCUT2D eigenvalue weighted by Gasteiger charge is 2.55. The van der Waals surface area contributed by atoms with Crippen molar-refractivity contribution >= 4 is 34.8 Å². The first kappa shape index (κ1) is 30.1. The number of anilines is 1. The first-order chi connectivity index (χ1) is 20.8. The van der Waals surface area contributed by atoms with Crippen LogP contribution in [0.1, 0.15) is 49.7 Å². The van der Waals surface area contributed by atoms with Gasteiger partial charge in [0.2, 0.25) is 11.8 Å². The SMILES string of the molecule is CCC1=C([C@H](O)CC/C(=C/c2ccc(CO)o2)c2ccccc2)[C@H](CO)[C@@H]2C(=O)N(c3cccc([N+](=O)[O-])c3)C(=O)[C@@H]2C1. The molecule has 1 aliphatic carbocycles. The minimum Gasteiger partial charge on any atom is -0.459 e. The molecule has 0 spiro atoms. The Morgan fingerprint density at radius 1 is 1.09 bits per heavy atom. The molecule has 3 N–H and O–H groups in total. The third-order valence-corrected chi connectivity index (χ3v) is 8.45. The van der Waals surface area contributed by atoms with Gasteiger partial charge in [0, 0.05) is 18.1 Å². The van der Waals surface area contributed by atoms with Crippen LogP contribution in [0, 0.1) is 27.9 Å². The molecule has 10 heteroatoms. The molecule has 224 valence electrons. The van der Waals surface area contributed by atoms with Crippen LogP contribution >= 0.6 is 0 Å². The quantitative estimate of drug-likeness (QED) is 0.124. The number of aliphatic hydroxyl groups is 3. The summed E-state index contributed by atoms with van der Waals surface area (Å²) in [4.78, 5) is 39.0. The van der Waals surface area contributed by atoms with Gasteiger partial charge in [-0.05, 0) is 66.7 Å². The maximum atomic E-state index is 13.7. The van der Waals surface area contributed by atoms with E-state index < -0.39 is 47.2 Å². The Labute approximate surface area is 248 Å². The van der Waals surface area contributed by atoms with E-state index in [1.807, 2.05) is 43.3 Å². The number of hydrogen-bond donors (Lipinski definition) is 3. The molecule has 2 aromatic carbocycles.